The molecule has 0 spiro atoms. The van der Waals surface area contributed by atoms with E-state index < -0.39 is 10.0 Å². The van der Waals surface area contributed by atoms with Crippen LogP contribution in [0.1, 0.15) is 26.7 Å². The van der Waals surface area contributed by atoms with Crippen molar-refractivity contribution in [3.63, 3.8) is 0 Å². The molecule has 3 nitrogen and oxygen atoms in total. The minimum absolute atomic E-state index is 0.106. The molecule has 1 aliphatic heterocycles. The molecule has 0 radical (unpaired) electrons. The number of hydrogen-bond acceptors (Lipinski definition) is 2. The van der Waals surface area contributed by atoms with Crippen molar-refractivity contribution in [1.29, 1.82) is 0 Å². The summed E-state index contributed by atoms with van der Waals surface area (Å²) in [7, 11) is -3.32. The van der Waals surface area contributed by atoms with Gasteiger partial charge in [-0.2, -0.15) is 4.31 Å². The molecule has 0 aromatic heterocycles. The fourth-order valence-electron chi connectivity index (χ4n) is 2.37. The molecule has 1 aromatic rings. The Kier molecular flexibility index (Phi) is 3.80. The summed E-state index contributed by atoms with van der Waals surface area (Å²) in [5.41, 5.74) is 0. The van der Waals surface area contributed by atoms with Gasteiger partial charge in [-0.15, -0.1) is 0 Å². The van der Waals surface area contributed by atoms with E-state index in [0.717, 1.165) is 16.4 Å². The third-order valence-corrected chi connectivity index (χ3v) is 6.12. The largest absolute Gasteiger partial charge is 0.243 e. The number of rotatable bonds is 2. The SMILES string of the molecule is CC1CCC(C)N1S(=O)(=O)c1ccc(I)cc1. The molecule has 1 aromatic carbocycles. The predicted molar refractivity (Wildman–Crippen MR) is 76.3 cm³/mol. The molecule has 17 heavy (non-hydrogen) atoms. The number of nitrogens with zero attached hydrogens (tertiary/aromatic N) is 1. The zero-order valence-corrected chi connectivity index (χ0v) is 12.9. The van der Waals surface area contributed by atoms with Gasteiger partial charge in [0.25, 0.3) is 0 Å². The van der Waals surface area contributed by atoms with Gasteiger partial charge in [0.05, 0.1) is 4.90 Å². The van der Waals surface area contributed by atoms with Gasteiger partial charge in [0.2, 0.25) is 10.0 Å². The summed E-state index contributed by atoms with van der Waals surface area (Å²) in [5.74, 6) is 0. The highest BCUT2D eigenvalue weighted by Gasteiger charge is 2.37. The molecule has 0 amide bonds. The van der Waals surface area contributed by atoms with E-state index in [9.17, 15) is 8.42 Å². The van der Waals surface area contributed by atoms with Crippen molar-refractivity contribution < 1.29 is 8.42 Å². The number of hydrogen-bond donors (Lipinski definition) is 0. The molecule has 2 rings (SSSR count). The minimum atomic E-state index is -3.32. The van der Waals surface area contributed by atoms with Gasteiger partial charge in [-0.05, 0) is 73.5 Å². The van der Waals surface area contributed by atoms with E-state index in [2.05, 4.69) is 22.6 Å². The predicted octanol–water partition coefficient (Wildman–Crippen LogP) is 2.85. The van der Waals surface area contributed by atoms with Gasteiger partial charge >= 0.3 is 0 Å². The van der Waals surface area contributed by atoms with E-state index >= 15 is 0 Å². The highest BCUT2D eigenvalue weighted by atomic mass is 127. The maximum Gasteiger partial charge on any atom is 0.243 e. The summed E-state index contributed by atoms with van der Waals surface area (Å²) in [6.45, 7) is 3.96. The Morgan fingerprint density at radius 3 is 2.06 bits per heavy atom. The Labute approximate surface area is 116 Å². The van der Waals surface area contributed by atoms with Gasteiger partial charge in [0, 0.05) is 15.7 Å². The van der Waals surface area contributed by atoms with Gasteiger partial charge < -0.3 is 0 Å². The molecular formula is C12H16INO2S. The van der Waals surface area contributed by atoms with Crippen molar-refractivity contribution in [3.8, 4) is 0 Å². The van der Waals surface area contributed by atoms with Gasteiger partial charge in [-0.3, -0.25) is 0 Å². The Balaban J connectivity index is 2.39. The van der Waals surface area contributed by atoms with E-state index in [1.807, 2.05) is 26.0 Å². The van der Waals surface area contributed by atoms with Gasteiger partial charge in [0.1, 0.15) is 0 Å². The number of benzene rings is 1. The fourth-order valence-corrected chi connectivity index (χ4v) is 4.61. The van der Waals surface area contributed by atoms with Crippen molar-refractivity contribution in [1.82, 2.24) is 4.31 Å². The van der Waals surface area contributed by atoms with Crippen LogP contribution >= 0.6 is 22.6 Å². The smallest absolute Gasteiger partial charge is 0.207 e. The van der Waals surface area contributed by atoms with Gasteiger partial charge in [-0.1, -0.05) is 0 Å². The Morgan fingerprint density at radius 2 is 1.59 bits per heavy atom. The highest BCUT2D eigenvalue weighted by molar-refractivity contribution is 14.1. The first-order chi connectivity index (χ1) is 7.93. The van der Waals surface area contributed by atoms with Crippen LogP contribution in [0.4, 0.5) is 0 Å². The normalized spacial score (nSPS) is 26.3. The van der Waals surface area contributed by atoms with Crippen LogP contribution in [-0.4, -0.2) is 24.8 Å². The lowest BCUT2D eigenvalue weighted by molar-refractivity contribution is 0.350. The first kappa shape index (κ1) is 13.3. The molecule has 0 aliphatic carbocycles. The summed E-state index contributed by atoms with van der Waals surface area (Å²) in [4.78, 5) is 0.401. The first-order valence-electron chi connectivity index (χ1n) is 5.72. The molecule has 2 atom stereocenters. The van der Waals surface area contributed by atoms with Crippen molar-refractivity contribution in [2.45, 2.75) is 43.7 Å². The molecule has 0 bridgehead atoms. The second kappa shape index (κ2) is 4.85. The first-order valence-corrected chi connectivity index (χ1v) is 8.24. The summed E-state index contributed by atoms with van der Waals surface area (Å²) in [6, 6.07) is 7.25. The Hall–Kier alpha value is -0.140. The molecule has 1 fully saturated rings. The topological polar surface area (TPSA) is 37.4 Å². The van der Waals surface area contributed by atoms with Crippen LogP contribution in [0.15, 0.2) is 29.2 Å². The lowest BCUT2D eigenvalue weighted by Gasteiger charge is -2.25. The van der Waals surface area contributed by atoms with Crippen LogP contribution in [-0.2, 0) is 10.0 Å². The second-order valence-electron chi connectivity index (χ2n) is 4.56. The van der Waals surface area contributed by atoms with Crippen LogP contribution in [0.2, 0.25) is 0 Å². The summed E-state index contributed by atoms with van der Waals surface area (Å²) in [5, 5.41) is 0. The molecule has 2 unspecified atom stereocenters. The van der Waals surface area contributed by atoms with E-state index in [1.54, 1.807) is 16.4 Å². The van der Waals surface area contributed by atoms with Crippen LogP contribution < -0.4 is 0 Å². The van der Waals surface area contributed by atoms with E-state index in [4.69, 9.17) is 0 Å². The zero-order valence-electron chi connectivity index (χ0n) is 9.93. The quantitative estimate of drug-likeness (QED) is 0.756. The van der Waals surface area contributed by atoms with Gasteiger partial charge in [0.15, 0.2) is 0 Å². The fraction of sp³-hybridized carbons (Fsp3) is 0.500. The third kappa shape index (κ3) is 2.51. The zero-order chi connectivity index (χ0) is 12.6. The molecule has 1 heterocycles. The standard InChI is InChI=1S/C12H16INO2S/c1-9-3-4-10(2)14(9)17(15,16)12-7-5-11(13)6-8-12/h5-10H,3-4H2,1-2H3. The summed E-state index contributed by atoms with van der Waals surface area (Å²) in [6.07, 6.45) is 1.90. The van der Waals surface area contributed by atoms with Crippen molar-refractivity contribution in [3.05, 3.63) is 27.8 Å². The van der Waals surface area contributed by atoms with E-state index in [0.29, 0.717) is 4.90 Å². The Bertz CT molecular complexity index is 488. The average Bonchev–Trinajstić information content (AvgIpc) is 2.59. The van der Waals surface area contributed by atoms with E-state index in [1.165, 1.54) is 0 Å². The Morgan fingerprint density at radius 1 is 1.12 bits per heavy atom. The highest BCUT2D eigenvalue weighted by Crippen LogP contribution is 2.30. The maximum atomic E-state index is 12.5. The molecule has 1 aliphatic rings. The second-order valence-corrected chi connectivity index (χ2v) is 7.65. The van der Waals surface area contributed by atoms with Crippen molar-refractivity contribution >= 4 is 32.6 Å². The summed E-state index contributed by atoms with van der Waals surface area (Å²) >= 11 is 2.17. The van der Waals surface area contributed by atoms with Crippen LogP contribution in [0.5, 0.6) is 0 Å². The van der Waals surface area contributed by atoms with Crippen LogP contribution in [0.3, 0.4) is 0 Å². The molecule has 94 valence electrons. The lowest BCUT2D eigenvalue weighted by atomic mass is 10.2. The van der Waals surface area contributed by atoms with E-state index in [-0.39, 0.29) is 12.1 Å². The maximum absolute atomic E-state index is 12.5. The molecule has 0 saturated carbocycles. The third-order valence-electron chi connectivity index (χ3n) is 3.26. The van der Waals surface area contributed by atoms with Gasteiger partial charge in [-0.25, -0.2) is 8.42 Å². The van der Waals surface area contributed by atoms with Crippen molar-refractivity contribution in [2.75, 3.05) is 0 Å². The minimum Gasteiger partial charge on any atom is -0.207 e. The van der Waals surface area contributed by atoms with Crippen molar-refractivity contribution in [2.24, 2.45) is 0 Å². The van der Waals surface area contributed by atoms with Crippen LogP contribution in [0, 0.1) is 3.57 Å². The lowest BCUT2D eigenvalue weighted by Crippen LogP contribution is -2.38. The molecular weight excluding hydrogens is 349 g/mol. The molecule has 5 heteroatoms. The summed E-state index contributed by atoms with van der Waals surface area (Å²) < 4.78 is 27.7. The molecule has 1 saturated heterocycles. The molecule has 0 N–H and O–H groups in total. The number of sulfonamides is 1. The average molecular weight is 365 g/mol. The monoisotopic (exact) mass is 365 g/mol. The van der Waals surface area contributed by atoms with Crippen LogP contribution in [0.25, 0.3) is 0 Å². The number of halogens is 1.